The Bertz CT molecular complexity index is 453. The molecule has 1 aromatic heterocycles. The smallest absolute Gasteiger partial charge is 0.135 e. The monoisotopic (exact) mass is 444 g/mol. The average molecular weight is 446 g/mol. The molecule has 0 saturated carbocycles. The van der Waals surface area contributed by atoms with Crippen molar-refractivity contribution in [3.63, 3.8) is 0 Å². The van der Waals surface area contributed by atoms with Crippen LogP contribution in [0.4, 0.5) is 0 Å². The second kappa shape index (κ2) is 9.41. The van der Waals surface area contributed by atoms with Crippen molar-refractivity contribution in [1.82, 2.24) is 4.98 Å². The van der Waals surface area contributed by atoms with Crippen LogP contribution in [-0.4, -0.2) is 57.2 Å². The molecule has 0 bridgehead atoms. The van der Waals surface area contributed by atoms with Crippen LogP contribution in [0.3, 0.4) is 0 Å². The van der Waals surface area contributed by atoms with Gasteiger partial charge in [-0.2, -0.15) is 0 Å². The third-order valence-electron chi connectivity index (χ3n) is 2.60. The van der Waals surface area contributed by atoms with E-state index in [4.69, 9.17) is 10.5 Å². The van der Waals surface area contributed by atoms with E-state index in [-0.39, 0.29) is 13.2 Å². The Morgan fingerprint density at radius 2 is 2.10 bits per heavy atom. The van der Waals surface area contributed by atoms with Crippen molar-refractivity contribution in [3.05, 3.63) is 21.3 Å². The lowest BCUT2D eigenvalue weighted by Gasteiger charge is -2.28. The summed E-state index contributed by atoms with van der Waals surface area (Å²) in [5.74, 6) is 0. The Morgan fingerprint density at radius 3 is 2.62 bits per heavy atom. The van der Waals surface area contributed by atoms with Crippen LogP contribution in [0, 0.1) is 0 Å². The molecule has 1 heterocycles. The molecule has 0 aliphatic heterocycles. The number of nitrogens with zero attached hydrogens (tertiary/aromatic N) is 1. The molecule has 0 aliphatic carbocycles. The zero-order valence-electron chi connectivity index (χ0n) is 11.3. The maximum Gasteiger partial charge on any atom is 0.135 e. The molecule has 0 saturated heterocycles. The zero-order valence-corrected chi connectivity index (χ0v) is 15.3. The van der Waals surface area contributed by atoms with Gasteiger partial charge in [-0.25, -0.2) is 4.98 Å². The first-order valence-electron chi connectivity index (χ1n) is 6.19. The van der Waals surface area contributed by atoms with Crippen LogP contribution in [0.5, 0.6) is 0 Å². The fourth-order valence-electron chi connectivity index (χ4n) is 1.40. The fourth-order valence-corrected chi connectivity index (χ4v) is 3.44. The highest BCUT2D eigenvalue weighted by atomic mass is 79.9. The topological polar surface area (TPSA) is 109 Å². The van der Waals surface area contributed by atoms with Gasteiger partial charge in [0.05, 0.1) is 12.7 Å². The highest BCUT2D eigenvalue weighted by Crippen LogP contribution is 2.33. The Hall–Kier alpha value is 0.260. The minimum Gasteiger partial charge on any atom is -0.394 e. The van der Waals surface area contributed by atoms with Crippen molar-refractivity contribution >= 4 is 43.6 Å². The van der Waals surface area contributed by atoms with E-state index in [0.717, 1.165) is 9.37 Å². The van der Waals surface area contributed by atoms with Gasteiger partial charge in [0.2, 0.25) is 0 Å². The zero-order chi connectivity index (χ0) is 16.0. The quantitative estimate of drug-likeness (QED) is 0.269. The molecule has 1 aromatic rings. The van der Waals surface area contributed by atoms with Gasteiger partial charge in [0.1, 0.15) is 22.2 Å². The predicted molar refractivity (Wildman–Crippen MR) is 88.0 cm³/mol. The lowest BCUT2D eigenvalue weighted by molar-refractivity contribution is -0.0926. The van der Waals surface area contributed by atoms with Crippen LogP contribution in [0.25, 0.3) is 0 Å². The Kier molecular flexibility index (Phi) is 8.65. The maximum absolute atomic E-state index is 9.98. The summed E-state index contributed by atoms with van der Waals surface area (Å²) in [5.41, 5.74) is 4.74. The van der Waals surface area contributed by atoms with Crippen molar-refractivity contribution in [2.24, 2.45) is 5.73 Å². The predicted octanol–water partition coefficient (Wildman–Crippen LogP) is 1.10. The van der Waals surface area contributed by atoms with Gasteiger partial charge in [-0.3, -0.25) is 0 Å². The molecular formula is C12H18Br2N2O4S. The molecule has 0 spiro atoms. The number of hydrogen-bond acceptors (Lipinski definition) is 7. The number of hydrogen-bond donors (Lipinski definition) is 4. The molecule has 0 aliphatic rings. The molecule has 0 aromatic carbocycles. The summed E-state index contributed by atoms with van der Waals surface area (Å²) >= 11 is 7.86. The molecule has 120 valence electrons. The SMILES string of the molecule is CC(O)C(CO)OC(Sc1cc(Br)cnc1Br)[C@@H](O)CN. The number of rotatable bonds is 8. The van der Waals surface area contributed by atoms with E-state index >= 15 is 0 Å². The molecular weight excluding hydrogens is 428 g/mol. The number of halogens is 2. The summed E-state index contributed by atoms with van der Waals surface area (Å²) in [6, 6.07) is 1.82. The highest BCUT2D eigenvalue weighted by Gasteiger charge is 2.27. The molecule has 0 amide bonds. The normalized spacial score (nSPS) is 17.3. The van der Waals surface area contributed by atoms with E-state index in [1.54, 1.807) is 6.20 Å². The van der Waals surface area contributed by atoms with Crippen molar-refractivity contribution in [2.75, 3.05) is 13.2 Å². The van der Waals surface area contributed by atoms with Crippen LogP contribution in [0.15, 0.2) is 26.2 Å². The molecule has 0 fully saturated rings. The van der Waals surface area contributed by atoms with Crippen LogP contribution in [0.2, 0.25) is 0 Å². The first-order valence-corrected chi connectivity index (χ1v) is 8.65. The average Bonchev–Trinajstić information content (AvgIpc) is 2.45. The Morgan fingerprint density at radius 1 is 1.43 bits per heavy atom. The second-order valence-electron chi connectivity index (χ2n) is 4.33. The molecule has 3 unspecified atom stereocenters. The summed E-state index contributed by atoms with van der Waals surface area (Å²) in [6.07, 6.45) is -0.987. The number of aliphatic hydroxyl groups is 3. The van der Waals surface area contributed by atoms with Crippen LogP contribution in [-0.2, 0) is 4.74 Å². The third kappa shape index (κ3) is 6.11. The van der Waals surface area contributed by atoms with Gasteiger partial charge < -0.3 is 25.8 Å². The van der Waals surface area contributed by atoms with Crippen molar-refractivity contribution in [3.8, 4) is 0 Å². The van der Waals surface area contributed by atoms with E-state index in [9.17, 15) is 15.3 Å². The summed E-state index contributed by atoms with van der Waals surface area (Å²) < 4.78 is 6.97. The first kappa shape index (κ1) is 19.3. The summed E-state index contributed by atoms with van der Waals surface area (Å²) in [5, 5.41) is 28.8. The first-order chi connectivity index (χ1) is 9.88. The van der Waals surface area contributed by atoms with E-state index in [1.165, 1.54) is 18.7 Å². The van der Waals surface area contributed by atoms with Crippen molar-refractivity contribution in [1.29, 1.82) is 0 Å². The fraction of sp³-hybridized carbons (Fsp3) is 0.583. The van der Waals surface area contributed by atoms with Gasteiger partial charge in [-0.15, -0.1) is 0 Å². The minimum atomic E-state index is -0.950. The highest BCUT2D eigenvalue weighted by molar-refractivity contribution is 9.11. The molecule has 21 heavy (non-hydrogen) atoms. The van der Waals surface area contributed by atoms with E-state index < -0.39 is 23.7 Å². The summed E-state index contributed by atoms with van der Waals surface area (Å²) in [4.78, 5) is 4.87. The van der Waals surface area contributed by atoms with Crippen LogP contribution >= 0.6 is 43.6 Å². The van der Waals surface area contributed by atoms with Gasteiger partial charge in [-0.1, -0.05) is 11.8 Å². The van der Waals surface area contributed by atoms with E-state index in [1.807, 2.05) is 6.07 Å². The third-order valence-corrected chi connectivity index (χ3v) is 5.15. The van der Waals surface area contributed by atoms with Gasteiger partial charge >= 0.3 is 0 Å². The second-order valence-corrected chi connectivity index (χ2v) is 7.14. The Labute approximate surface area is 144 Å². The summed E-state index contributed by atoms with van der Waals surface area (Å²) in [7, 11) is 0. The van der Waals surface area contributed by atoms with E-state index in [0.29, 0.717) is 4.60 Å². The standard InChI is InChI=1S/C12H18Br2N2O4S/c1-6(18)9(5-17)20-12(8(19)3-15)21-10-2-7(13)4-16-11(10)14/h2,4,6,8-9,12,17-19H,3,5,15H2,1H3/t6?,8-,9?,12?/m0/s1. The largest absolute Gasteiger partial charge is 0.394 e. The van der Waals surface area contributed by atoms with Gasteiger partial charge in [-0.05, 0) is 44.8 Å². The minimum absolute atomic E-state index is 0.00528. The lowest BCUT2D eigenvalue weighted by Crippen LogP contribution is -2.40. The summed E-state index contributed by atoms with van der Waals surface area (Å²) in [6.45, 7) is 1.15. The molecule has 0 radical (unpaired) electrons. The Balaban J connectivity index is 2.90. The van der Waals surface area contributed by atoms with Gasteiger partial charge in [0.15, 0.2) is 0 Å². The van der Waals surface area contributed by atoms with Crippen LogP contribution < -0.4 is 5.73 Å². The maximum atomic E-state index is 9.98. The molecule has 1 rings (SSSR count). The van der Waals surface area contributed by atoms with Crippen molar-refractivity contribution < 1.29 is 20.1 Å². The molecule has 6 nitrogen and oxygen atoms in total. The number of thioether (sulfide) groups is 1. The van der Waals surface area contributed by atoms with Crippen LogP contribution in [0.1, 0.15) is 6.92 Å². The number of ether oxygens (including phenoxy) is 1. The molecule has 4 atom stereocenters. The van der Waals surface area contributed by atoms with Gasteiger partial charge in [0, 0.05) is 22.1 Å². The number of nitrogens with two attached hydrogens (primary N) is 1. The lowest BCUT2D eigenvalue weighted by atomic mass is 10.2. The molecule has 9 heteroatoms. The number of aromatic nitrogens is 1. The molecule has 5 N–H and O–H groups in total. The van der Waals surface area contributed by atoms with Crippen molar-refractivity contribution in [2.45, 2.75) is 35.6 Å². The van der Waals surface area contributed by atoms with E-state index in [2.05, 4.69) is 36.8 Å². The van der Waals surface area contributed by atoms with Gasteiger partial charge in [0.25, 0.3) is 0 Å². The number of pyridine rings is 1. The number of aliphatic hydroxyl groups excluding tert-OH is 3.